The molecule has 2 fully saturated rings. The van der Waals surface area contributed by atoms with Crippen molar-refractivity contribution in [1.82, 2.24) is 15.0 Å². The number of carbonyl (C=O) groups excluding carboxylic acids is 1. The zero-order valence-electron chi connectivity index (χ0n) is 28.4. The number of hydrogen-bond acceptors (Lipinski definition) is 7. The molecule has 9 nitrogen and oxygen atoms in total. The summed E-state index contributed by atoms with van der Waals surface area (Å²) in [5, 5.41) is 14.4. The van der Waals surface area contributed by atoms with E-state index in [4.69, 9.17) is 9.26 Å². The molecular formula is C38H48N4O5. The van der Waals surface area contributed by atoms with Crippen LogP contribution in [0.5, 0.6) is 0 Å². The van der Waals surface area contributed by atoms with Gasteiger partial charge in [0.2, 0.25) is 0 Å². The van der Waals surface area contributed by atoms with Gasteiger partial charge in [-0.2, -0.15) is 0 Å². The molecule has 1 saturated carbocycles. The number of carbonyl (C=O) groups is 2. The second-order valence-corrected chi connectivity index (χ2v) is 15.0. The molecule has 1 N–H and O–H groups in total. The molecule has 6 rings (SSSR count). The monoisotopic (exact) mass is 640 g/mol. The minimum atomic E-state index is -0.974. The molecule has 3 aromatic rings. The number of carboxylic acids is 1. The summed E-state index contributed by atoms with van der Waals surface area (Å²) in [4.78, 5) is 31.3. The van der Waals surface area contributed by atoms with E-state index < -0.39 is 11.6 Å². The summed E-state index contributed by atoms with van der Waals surface area (Å²) in [6.45, 7) is 15.2. The maximum absolute atomic E-state index is 12.5. The molecule has 1 amide bonds. The fourth-order valence-electron chi connectivity index (χ4n) is 7.03. The van der Waals surface area contributed by atoms with Crippen LogP contribution in [0.25, 0.3) is 28.0 Å². The van der Waals surface area contributed by atoms with Crippen molar-refractivity contribution in [2.45, 2.75) is 78.4 Å². The number of benzene rings is 2. The lowest BCUT2D eigenvalue weighted by Gasteiger charge is -2.43. The van der Waals surface area contributed by atoms with Crippen LogP contribution < -0.4 is 4.90 Å². The van der Waals surface area contributed by atoms with E-state index in [1.165, 1.54) is 25.7 Å². The van der Waals surface area contributed by atoms with Crippen LogP contribution in [-0.2, 0) is 4.74 Å². The Hall–Kier alpha value is -4.11. The molecule has 1 aromatic heterocycles. The fraction of sp³-hybridized carbons (Fsp3) is 0.500. The summed E-state index contributed by atoms with van der Waals surface area (Å²) in [5.74, 6) is 0.638. The van der Waals surface area contributed by atoms with Gasteiger partial charge in [-0.25, -0.2) is 9.59 Å². The maximum Gasteiger partial charge on any atom is 0.410 e. The van der Waals surface area contributed by atoms with Crippen molar-refractivity contribution >= 4 is 23.5 Å². The van der Waals surface area contributed by atoms with Crippen LogP contribution in [-0.4, -0.2) is 83.0 Å². The lowest BCUT2D eigenvalue weighted by molar-refractivity contribution is 0.0270. The summed E-state index contributed by atoms with van der Waals surface area (Å²) in [7, 11) is 0. The normalized spacial score (nSPS) is 19.4. The van der Waals surface area contributed by atoms with E-state index in [0.29, 0.717) is 36.5 Å². The first-order valence-electron chi connectivity index (χ1n) is 17.0. The van der Waals surface area contributed by atoms with Gasteiger partial charge in [0.15, 0.2) is 11.6 Å². The van der Waals surface area contributed by atoms with Gasteiger partial charge < -0.3 is 24.2 Å². The Balaban J connectivity index is 1.11. The number of anilines is 1. The highest BCUT2D eigenvalue weighted by atomic mass is 16.6. The molecular weight excluding hydrogens is 592 g/mol. The average molecular weight is 641 g/mol. The van der Waals surface area contributed by atoms with Crippen LogP contribution in [0.1, 0.15) is 82.6 Å². The van der Waals surface area contributed by atoms with Crippen LogP contribution in [0.2, 0.25) is 0 Å². The fourth-order valence-corrected chi connectivity index (χ4v) is 7.03. The lowest BCUT2D eigenvalue weighted by atomic mass is 9.75. The van der Waals surface area contributed by atoms with E-state index in [2.05, 4.69) is 28.8 Å². The molecule has 3 aliphatic rings. The van der Waals surface area contributed by atoms with Crippen molar-refractivity contribution in [3.63, 3.8) is 0 Å². The van der Waals surface area contributed by atoms with E-state index in [0.717, 1.165) is 60.0 Å². The Labute approximate surface area is 278 Å². The molecule has 2 aromatic carbocycles. The lowest BCUT2D eigenvalue weighted by Crippen LogP contribution is -2.51. The van der Waals surface area contributed by atoms with E-state index >= 15 is 0 Å². The number of carboxylic acid groups (broad SMARTS) is 1. The summed E-state index contributed by atoms with van der Waals surface area (Å²) >= 11 is 0. The maximum atomic E-state index is 12.5. The minimum Gasteiger partial charge on any atom is -0.478 e. The molecule has 0 radical (unpaired) electrons. The molecule has 0 unspecified atom stereocenters. The molecule has 1 saturated heterocycles. The second-order valence-electron chi connectivity index (χ2n) is 15.0. The van der Waals surface area contributed by atoms with Crippen molar-refractivity contribution in [2.75, 3.05) is 44.2 Å². The van der Waals surface area contributed by atoms with E-state index in [9.17, 15) is 14.7 Å². The van der Waals surface area contributed by atoms with Gasteiger partial charge in [0, 0.05) is 56.9 Å². The van der Waals surface area contributed by atoms with E-state index in [1.54, 1.807) is 11.0 Å². The quantitative estimate of drug-likeness (QED) is 0.291. The first kappa shape index (κ1) is 32.8. The number of rotatable bonds is 6. The first-order chi connectivity index (χ1) is 22.3. The molecule has 3 heterocycles. The van der Waals surface area contributed by atoms with Crippen LogP contribution >= 0.6 is 0 Å². The third-order valence-corrected chi connectivity index (χ3v) is 9.92. The Morgan fingerprint density at radius 2 is 1.57 bits per heavy atom. The molecule has 0 spiro atoms. The number of amides is 1. The topological polar surface area (TPSA) is 99.4 Å². The molecule has 0 atom stereocenters. The zero-order valence-corrected chi connectivity index (χ0v) is 28.4. The van der Waals surface area contributed by atoms with Gasteiger partial charge in [0.25, 0.3) is 0 Å². The molecule has 250 valence electrons. The second kappa shape index (κ2) is 13.2. The van der Waals surface area contributed by atoms with Gasteiger partial charge in [-0.05, 0) is 92.7 Å². The predicted octanol–water partition coefficient (Wildman–Crippen LogP) is 7.82. The Morgan fingerprint density at radius 3 is 2.19 bits per heavy atom. The molecule has 0 bridgehead atoms. The zero-order chi connectivity index (χ0) is 33.3. The van der Waals surface area contributed by atoms with Crippen LogP contribution in [0.3, 0.4) is 0 Å². The van der Waals surface area contributed by atoms with Crippen LogP contribution in [0.4, 0.5) is 10.6 Å². The molecule has 1 aliphatic carbocycles. The Kier molecular flexibility index (Phi) is 9.20. The highest BCUT2D eigenvalue weighted by molar-refractivity contribution is 5.95. The first-order valence-corrected chi connectivity index (χ1v) is 17.0. The Bertz CT molecular complexity index is 1620. The van der Waals surface area contributed by atoms with Gasteiger partial charge >= 0.3 is 12.1 Å². The van der Waals surface area contributed by atoms with Gasteiger partial charge in [0.05, 0.1) is 5.56 Å². The highest BCUT2D eigenvalue weighted by Crippen LogP contribution is 2.38. The van der Waals surface area contributed by atoms with E-state index in [-0.39, 0.29) is 11.7 Å². The average Bonchev–Trinajstić information content (AvgIpc) is 3.54. The van der Waals surface area contributed by atoms with Gasteiger partial charge in [-0.15, -0.1) is 0 Å². The molecule has 9 heteroatoms. The summed E-state index contributed by atoms with van der Waals surface area (Å²) in [5.41, 5.74) is 4.59. The number of aromatic carboxylic acids is 1. The smallest absolute Gasteiger partial charge is 0.410 e. The summed E-state index contributed by atoms with van der Waals surface area (Å²) in [6.07, 6.45) is 7.34. The summed E-state index contributed by atoms with van der Waals surface area (Å²) < 4.78 is 11.3. The van der Waals surface area contributed by atoms with Gasteiger partial charge in [-0.1, -0.05) is 55.4 Å². The molecule has 2 aliphatic heterocycles. The van der Waals surface area contributed by atoms with Gasteiger partial charge in [-0.3, -0.25) is 4.90 Å². The van der Waals surface area contributed by atoms with Crippen LogP contribution in [0.15, 0.2) is 59.1 Å². The largest absolute Gasteiger partial charge is 0.478 e. The third kappa shape index (κ3) is 7.73. The minimum absolute atomic E-state index is 0.250. The SMILES string of the molecule is CC1(C)CCC(N2CCN(c3cc(-c4ccc(-c5ccc(C(=O)O)c(C6=CCN(C(=O)OC(C)(C)C)CC6)c5)cc4)on3)CC2)CC1. The number of ether oxygens (including phenoxy) is 1. The van der Waals surface area contributed by atoms with Crippen molar-refractivity contribution in [3.8, 4) is 22.5 Å². The Morgan fingerprint density at radius 1 is 0.915 bits per heavy atom. The van der Waals surface area contributed by atoms with Crippen molar-refractivity contribution < 1.29 is 24.0 Å². The van der Waals surface area contributed by atoms with Gasteiger partial charge in [0.1, 0.15) is 5.60 Å². The van der Waals surface area contributed by atoms with Crippen molar-refractivity contribution in [3.05, 3.63) is 65.7 Å². The number of nitrogens with zero attached hydrogens (tertiary/aromatic N) is 4. The van der Waals surface area contributed by atoms with Crippen LogP contribution in [0, 0.1) is 5.41 Å². The predicted molar refractivity (Wildman–Crippen MR) is 185 cm³/mol. The van der Waals surface area contributed by atoms with Crippen molar-refractivity contribution in [1.29, 1.82) is 0 Å². The number of aromatic nitrogens is 1. The standard InChI is InChI=1S/C38H48N4O5/c1-37(2,3)46-36(45)42-18-14-27(15-19-42)32-24-29(10-11-31(32)35(43)44)26-6-8-28(9-7-26)33-25-34(39-47-33)41-22-20-40(21-23-41)30-12-16-38(4,5)17-13-30/h6-11,14,24-25,30H,12-13,15-23H2,1-5H3,(H,43,44). The third-order valence-electron chi connectivity index (χ3n) is 9.92. The number of piperazine rings is 1. The summed E-state index contributed by atoms with van der Waals surface area (Å²) in [6, 6.07) is 16.3. The highest BCUT2D eigenvalue weighted by Gasteiger charge is 2.32. The number of hydrogen-bond donors (Lipinski definition) is 1. The van der Waals surface area contributed by atoms with E-state index in [1.807, 2.05) is 69.3 Å². The molecule has 47 heavy (non-hydrogen) atoms. The van der Waals surface area contributed by atoms with Crippen molar-refractivity contribution in [2.24, 2.45) is 5.41 Å².